The van der Waals surface area contributed by atoms with Crippen molar-refractivity contribution in [3.05, 3.63) is 45.1 Å². The van der Waals surface area contributed by atoms with E-state index in [1.807, 2.05) is 0 Å². The van der Waals surface area contributed by atoms with Gasteiger partial charge in [0.25, 0.3) is 11.8 Å². The van der Waals surface area contributed by atoms with Crippen molar-refractivity contribution in [3.63, 3.8) is 0 Å². The average Bonchev–Trinajstić information content (AvgIpc) is 3.59. The molecule has 224 valence electrons. The maximum absolute atomic E-state index is 14.0. The van der Waals surface area contributed by atoms with Crippen LogP contribution in [0.3, 0.4) is 0 Å². The highest BCUT2D eigenvalue weighted by Gasteiger charge is 2.40. The molecule has 0 spiro atoms. The molecule has 4 rings (SSSR count). The van der Waals surface area contributed by atoms with Gasteiger partial charge in [-0.3, -0.25) is 19.3 Å². The lowest BCUT2D eigenvalue weighted by Crippen LogP contribution is -2.54. The zero-order valence-electron chi connectivity index (χ0n) is 21.3. The van der Waals surface area contributed by atoms with Crippen molar-refractivity contribution in [1.29, 1.82) is 0 Å². The van der Waals surface area contributed by atoms with Crippen LogP contribution in [0.25, 0.3) is 0 Å². The lowest BCUT2D eigenvalue weighted by molar-refractivity contribution is -0.154. The van der Waals surface area contributed by atoms with E-state index in [-0.39, 0.29) is 36.2 Å². The number of rotatable bonds is 10. The number of carbonyl (C=O) groups is 3. The second-order valence-corrected chi connectivity index (χ2v) is 11.3. The summed E-state index contributed by atoms with van der Waals surface area (Å²) in [6.45, 7) is -2.58. The highest BCUT2D eigenvalue weighted by Crippen LogP contribution is 2.39. The number of nitrogens with zero attached hydrogens (tertiary/aromatic N) is 2. The standard InChI is InChI=1S/C25H25ClF6N4O4S/c26-20-6-5-19(41-20)23(39)33-10-18(35(11-14-1-2-14)13-24(27,28)29)22(38)34-15-3-4-17(16(9-15)25(30,31)32)36-7-8-40-12-21(36)37/h3-6,9,14,18H,1-2,7-8,10-13H2,(H,33,39)(H,34,38)/t18-/m0/s1. The molecule has 41 heavy (non-hydrogen) atoms. The topological polar surface area (TPSA) is 91.0 Å². The Kier molecular flexibility index (Phi) is 9.51. The van der Waals surface area contributed by atoms with Crippen molar-refractivity contribution >= 4 is 52.0 Å². The first-order valence-electron chi connectivity index (χ1n) is 12.5. The lowest BCUT2D eigenvalue weighted by Gasteiger charge is -2.32. The number of hydrogen-bond donors (Lipinski definition) is 2. The summed E-state index contributed by atoms with van der Waals surface area (Å²) in [6, 6.07) is 4.07. The number of amides is 3. The summed E-state index contributed by atoms with van der Waals surface area (Å²) in [4.78, 5) is 40.0. The van der Waals surface area contributed by atoms with Gasteiger partial charge in [-0.05, 0) is 49.1 Å². The number of anilines is 2. The van der Waals surface area contributed by atoms with E-state index in [1.165, 1.54) is 12.1 Å². The molecule has 16 heteroatoms. The van der Waals surface area contributed by atoms with Gasteiger partial charge < -0.3 is 20.3 Å². The molecule has 1 aliphatic carbocycles. The first-order chi connectivity index (χ1) is 19.2. The monoisotopic (exact) mass is 626 g/mol. The van der Waals surface area contributed by atoms with Gasteiger partial charge in [-0.25, -0.2) is 0 Å². The van der Waals surface area contributed by atoms with Gasteiger partial charge in [-0.15, -0.1) is 11.3 Å². The van der Waals surface area contributed by atoms with Crippen LogP contribution < -0.4 is 15.5 Å². The van der Waals surface area contributed by atoms with Crippen molar-refractivity contribution in [2.75, 3.05) is 49.6 Å². The number of benzene rings is 1. The van der Waals surface area contributed by atoms with Gasteiger partial charge in [-0.1, -0.05) is 11.6 Å². The summed E-state index contributed by atoms with van der Waals surface area (Å²) < 4.78 is 87.7. The minimum Gasteiger partial charge on any atom is -0.370 e. The zero-order chi connectivity index (χ0) is 29.9. The third kappa shape index (κ3) is 8.56. The fourth-order valence-corrected chi connectivity index (χ4v) is 5.30. The quantitative estimate of drug-likeness (QED) is 0.370. The van der Waals surface area contributed by atoms with Crippen LogP contribution in [-0.2, 0) is 20.5 Å². The Morgan fingerprint density at radius 3 is 2.46 bits per heavy atom. The van der Waals surface area contributed by atoms with Crippen LogP contribution in [0.15, 0.2) is 30.3 Å². The van der Waals surface area contributed by atoms with Crippen molar-refractivity contribution in [2.45, 2.75) is 31.2 Å². The molecule has 1 aromatic heterocycles. The predicted molar refractivity (Wildman–Crippen MR) is 139 cm³/mol. The largest absolute Gasteiger partial charge is 0.418 e. The number of hydrogen-bond acceptors (Lipinski definition) is 6. The van der Waals surface area contributed by atoms with Crippen LogP contribution in [0.4, 0.5) is 37.7 Å². The number of nitrogens with one attached hydrogen (secondary N) is 2. The number of morpholine rings is 1. The summed E-state index contributed by atoms with van der Waals surface area (Å²) in [6.07, 6.45) is -8.27. The molecule has 2 N–H and O–H groups in total. The van der Waals surface area contributed by atoms with Crippen molar-refractivity contribution in [3.8, 4) is 0 Å². The summed E-state index contributed by atoms with van der Waals surface area (Å²) in [7, 11) is 0. The number of halogens is 7. The molecule has 0 bridgehead atoms. The molecular formula is C25H25ClF6N4O4S. The highest BCUT2D eigenvalue weighted by molar-refractivity contribution is 7.18. The Morgan fingerprint density at radius 1 is 1.15 bits per heavy atom. The van der Waals surface area contributed by atoms with Gasteiger partial charge >= 0.3 is 12.4 Å². The van der Waals surface area contributed by atoms with E-state index in [0.29, 0.717) is 23.2 Å². The molecule has 1 atom stereocenters. The number of carbonyl (C=O) groups excluding carboxylic acids is 3. The maximum Gasteiger partial charge on any atom is 0.418 e. The maximum atomic E-state index is 14.0. The van der Waals surface area contributed by atoms with E-state index >= 15 is 0 Å². The molecule has 2 aromatic rings. The minimum absolute atomic E-state index is 0.0304. The molecule has 0 radical (unpaired) electrons. The molecule has 1 saturated heterocycles. The van der Waals surface area contributed by atoms with E-state index in [1.54, 1.807) is 0 Å². The van der Waals surface area contributed by atoms with Crippen LogP contribution in [-0.4, -0.2) is 74.2 Å². The van der Waals surface area contributed by atoms with E-state index in [0.717, 1.165) is 33.3 Å². The van der Waals surface area contributed by atoms with Crippen molar-refractivity contribution < 1.29 is 45.5 Å². The van der Waals surface area contributed by atoms with Gasteiger partial charge in [0, 0.05) is 25.3 Å². The summed E-state index contributed by atoms with van der Waals surface area (Å²) in [5.41, 5.74) is -1.99. The SMILES string of the molecule is O=C(NC[C@@H](C(=O)Nc1ccc(N2CCOCC2=O)c(C(F)(F)F)c1)N(CC1CC1)CC(F)(F)F)c1ccc(Cl)s1. The molecule has 2 fully saturated rings. The van der Waals surface area contributed by atoms with Gasteiger partial charge in [0.2, 0.25) is 5.91 Å². The molecule has 1 aromatic carbocycles. The molecule has 2 heterocycles. The average molecular weight is 627 g/mol. The second-order valence-electron chi connectivity index (χ2n) is 9.63. The fraction of sp³-hybridized carbons (Fsp3) is 0.480. The number of ether oxygens (including phenoxy) is 1. The summed E-state index contributed by atoms with van der Waals surface area (Å²) >= 11 is 6.77. The van der Waals surface area contributed by atoms with Gasteiger partial charge in [-0.2, -0.15) is 26.3 Å². The van der Waals surface area contributed by atoms with E-state index in [9.17, 15) is 40.7 Å². The van der Waals surface area contributed by atoms with Crippen LogP contribution >= 0.6 is 22.9 Å². The van der Waals surface area contributed by atoms with Crippen LogP contribution in [0, 0.1) is 5.92 Å². The summed E-state index contributed by atoms with van der Waals surface area (Å²) in [5, 5.41) is 4.72. The molecular weight excluding hydrogens is 602 g/mol. The molecule has 8 nitrogen and oxygen atoms in total. The van der Waals surface area contributed by atoms with E-state index < -0.39 is 67.1 Å². The molecule has 0 unspecified atom stereocenters. The lowest BCUT2D eigenvalue weighted by atomic mass is 10.1. The molecule has 1 aliphatic heterocycles. The van der Waals surface area contributed by atoms with Crippen molar-refractivity contribution in [1.82, 2.24) is 10.2 Å². The zero-order valence-corrected chi connectivity index (χ0v) is 22.9. The normalized spacial score (nSPS) is 17.1. The third-order valence-corrected chi connectivity index (χ3v) is 7.64. The minimum atomic E-state index is -4.92. The predicted octanol–water partition coefficient (Wildman–Crippen LogP) is 4.79. The van der Waals surface area contributed by atoms with Crippen LogP contribution in [0.1, 0.15) is 28.1 Å². The van der Waals surface area contributed by atoms with Gasteiger partial charge in [0.15, 0.2) is 0 Å². The molecule has 1 saturated carbocycles. The van der Waals surface area contributed by atoms with E-state index in [2.05, 4.69) is 10.6 Å². The Hall–Kier alpha value is -2.88. The van der Waals surface area contributed by atoms with Crippen molar-refractivity contribution in [2.24, 2.45) is 5.92 Å². The molecule has 2 aliphatic rings. The van der Waals surface area contributed by atoms with Gasteiger partial charge in [0.1, 0.15) is 12.6 Å². The molecule has 3 amide bonds. The summed E-state index contributed by atoms with van der Waals surface area (Å²) in [5.74, 6) is -2.47. The van der Waals surface area contributed by atoms with Crippen LogP contribution in [0.5, 0.6) is 0 Å². The Balaban J connectivity index is 1.60. The Morgan fingerprint density at radius 2 is 1.88 bits per heavy atom. The third-order valence-electron chi connectivity index (χ3n) is 6.41. The first-order valence-corrected chi connectivity index (χ1v) is 13.7. The smallest absolute Gasteiger partial charge is 0.370 e. The Labute approximate surface area is 239 Å². The second kappa shape index (κ2) is 12.5. The van der Waals surface area contributed by atoms with Gasteiger partial charge in [0.05, 0.1) is 33.6 Å². The first kappa shape index (κ1) is 31.1. The Bertz CT molecular complexity index is 1280. The number of alkyl halides is 6. The van der Waals surface area contributed by atoms with E-state index in [4.69, 9.17) is 16.3 Å². The van der Waals surface area contributed by atoms with Crippen LogP contribution in [0.2, 0.25) is 4.34 Å². The highest BCUT2D eigenvalue weighted by atomic mass is 35.5. The fourth-order valence-electron chi connectivity index (χ4n) is 4.34. The number of thiophene rings is 1.